The van der Waals surface area contributed by atoms with Gasteiger partial charge in [0.1, 0.15) is 23.7 Å². The maximum atomic E-state index is 12.2. The van der Waals surface area contributed by atoms with Gasteiger partial charge in [-0.05, 0) is 64.6 Å². The number of aliphatic hydroxyl groups excluding tert-OH is 1. The molecule has 2 aromatic carbocycles. The number of aliphatic hydroxyl groups is 1. The Balaban J connectivity index is 0.000000557. The van der Waals surface area contributed by atoms with Crippen molar-refractivity contribution < 1.29 is 23.7 Å². The quantitative estimate of drug-likeness (QED) is 0.355. The van der Waals surface area contributed by atoms with Gasteiger partial charge in [-0.1, -0.05) is 19.6 Å². The first-order valence-corrected chi connectivity index (χ1v) is 11.7. The van der Waals surface area contributed by atoms with Gasteiger partial charge < -0.3 is 33.5 Å². The lowest BCUT2D eigenvalue weighted by Gasteiger charge is -2.10. The van der Waals surface area contributed by atoms with Crippen LogP contribution < -0.4 is 10.2 Å². The molecule has 0 saturated heterocycles. The van der Waals surface area contributed by atoms with Crippen LogP contribution in [0.25, 0.3) is 22.3 Å². The van der Waals surface area contributed by atoms with Crippen molar-refractivity contribution in [2.24, 2.45) is 0 Å². The van der Waals surface area contributed by atoms with E-state index in [0.29, 0.717) is 49.8 Å². The highest BCUT2D eigenvalue weighted by Crippen LogP contribution is 2.24. The van der Waals surface area contributed by atoms with Gasteiger partial charge in [-0.3, -0.25) is 4.79 Å². The van der Waals surface area contributed by atoms with Crippen LogP contribution >= 0.6 is 0 Å². The van der Waals surface area contributed by atoms with Gasteiger partial charge in [0, 0.05) is 24.7 Å². The molecule has 0 amide bonds. The van der Waals surface area contributed by atoms with Crippen molar-refractivity contribution in [2.75, 3.05) is 80.9 Å². The third-order valence-corrected chi connectivity index (χ3v) is 4.87. The number of para-hydroxylation sites is 1. The van der Waals surface area contributed by atoms with Crippen LogP contribution in [0.5, 0.6) is 5.75 Å². The van der Waals surface area contributed by atoms with E-state index in [0.717, 1.165) is 24.4 Å². The Morgan fingerprint density at radius 1 is 0.806 bits per heavy atom. The molecule has 3 aromatic rings. The standard InChI is InChI=1S/C21H23NO4.C6H15NO2.CH4/c1-22(2)11-12-24-13-14-25-17-9-7-16(8-10-17)21-15-19(23)18-5-3-4-6-20(18)26-21;1-7(2)3-5-9-6-4-8;/h3-10,15H,11-14H2,1-2H3;8H,3-6H2,1-2H3;1H4. The van der Waals surface area contributed by atoms with Crippen LogP contribution in [0.3, 0.4) is 0 Å². The van der Waals surface area contributed by atoms with Gasteiger partial charge in [-0.25, -0.2) is 0 Å². The van der Waals surface area contributed by atoms with Gasteiger partial charge in [-0.2, -0.15) is 0 Å². The van der Waals surface area contributed by atoms with Crippen molar-refractivity contribution in [1.29, 1.82) is 0 Å². The minimum Gasteiger partial charge on any atom is -0.491 e. The summed E-state index contributed by atoms with van der Waals surface area (Å²) in [5, 5.41) is 8.88. The highest BCUT2D eigenvalue weighted by Gasteiger charge is 2.07. The fourth-order valence-electron chi connectivity index (χ4n) is 2.94. The van der Waals surface area contributed by atoms with Gasteiger partial charge in [0.25, 0.3) is 0 Å². The lowest BCUT2D eigenvalue weighted by molar-refractivity contribution is 0.0821. The Morgan fingerprint density at radius 3 is 2.03 bits per heavy atom. The van der Waals surface area contributed by atoms with E-state index in [4.69, 9.17) is 23.7 Å². The molecule has 0 aliphatic rings. The SMILES string of the molecule is C.CN(C)CCOCCO.CN(C)CCOCCOc1ccc(-c2cc(=O)c3ccccc3o2)cc1. The predicted octanol–water partition coefficient (Wildman–Crippen LogP) is 3.61. The fraction of sp³-hybridized carbons (Fsp3) is 0.464. The van der Waals surface area contributed by atoms with E-state index in [9.17, 15) is 4.79 Å². The molecule has 1 aromatic heterocycles. The van der Waals surface area contributed by atoms with Crippen molar-refractivity contribution >= 4 is 11.0 Å². The van der Waals surface area contributed by atoms with Gasteiger partial charge >= 0.3 is 0 Å². The number of rotatable bonds is 13. The molecule has 0 atom stereocenters. The molecule has 3 rings (SSSR count). The van der Waals surface area contributed by atoms with Gasteiger partial charge in [0.2, 0.25) is 0 Å². The zero-order valence-electron chi connectivity index (χ0n) is 21.2. The second kappa shape index (κ2) is 17.6. The summed E-state index contributed by atoms with van der Waals surface area (Å²) < 4.78 is 22.0. The summed E-state index contributed by atoms with van der Waals surface area (Å²) in [7, 11) is 8.00. The topological polar surface area (TPSA) is 84.6 Å². The highest BCUT2D eigenvalue weighted by molar-refractivity contribution is 5.78. The van der Waals surface area contributed by atoms with Crippen LogP contribution in [-0.4, -0.2) is 95.8 Å². The summed E-state index contributed by atoms with van der Waals surface area (Å²) in [6.45, 7) is 4.82. The number of hydrogen-bond acceptors (Lipinski definition) is 8. The molecule has 0 fully saturated rings. The smallest absolute Gasteiger partial charge is 0.193 e. The maximum Gasteiger partial charge on any atom is 0.193 e. The minimum atomic E-state index is -0.0444. The molecule has 8 heteroatoms. The molecule has 0 saturated carbocycles. The lowest BCUT2D eigenvalue weighted by Crippen LogP contribution is -2.19. The predicted molar refractivity (Wildman–Crippen MR) is 146 cm³/mol. The number of fused-ring (bicyclic) bond motifs is 1. The Hall–Kier alpha value is -2.75. The molecule has 36 heavy (non-hydrogen) atoms. The monoisotopic (exact) mass is 502 g/mol. The molecule has 0 aliphatic carbocycles. The van der Waals surface area contributed by atoms with Crippen molar-refractivity contribution in [3.05, 3.63) is 64.8 Å². The van der Waals surface area contributed by atoms with Crippen LogP contribution in [0.1, 0.15) is 7.43 Å². The molecular weight excluding hydrogens is 460 g/mol. The van der Waals surface area contributed by atoms with Crippen LogP contribution in [0.15, 0.2) is 63.8 Å². The van der Waals surface area contributed by atoms with Crippen LogP contribution in [0.4, 0.5) is 0 Å². The largest absolute Gasteiger partial charge is 0.491 e. The highest BCUT2D eigenvalue weighted by atomic mass is 16.5. The number of nitrogens with zero attached hydrogens (tertiary/aromatic N) is 2. The zero-order chi connectivity index (χ0) is 25.5. The first kappa shape index (κ1) is 31.3. The summed E-state index contributed by atoms with van der Waals surface area (Å²) in [6.07, 6.45) is 0. The van der Waals surface area contributed by atoms with E-state index >= 15 is 0 Å². The van der Waals surface area contributed by atoms with Crippen molar-refractivity contribution in [2.45, 2.75) is 7.43 Å². The second-order valence-corrected chi connectivity index (χ2v) is 8.40. The first-order chi connectivity index (χ1) is 16.9. The normalized spacial score (nSPS) is 10.8. The summed E-state index contributed by atoms with van der Waals surface area (Å²) >= 11 is 0. The fourth-order valence-corrected chi connectivity index (χ4v) is 2.94. The van der Waals surface area contributed by atoms with Gasteiger partial charge in [0.05, 0.1) is 38.4 Å². The Morgan fingerprint density at radius 2 is 1.42 bits per heavy atom. The minimum absolute atomic E-state index is 0. The summed E-state index contributed by atoms with van der Waals surface area (Å²) in [5.74, 6) is 1.31. The molecule has 0 unspecified atom stereocenters. The van der Waals surface area contributed by atoms with E-state index in [1.165, 1.54) is 6.07 Å². The lowest BCUT2D eigenvalue weighted by atomic mass is 10.1. The Kier molecular flexibility index (Phi) is 15.3. The first-order valence-electron chi connectivity index (χ1n) is 11.7. The molecule has 1 heterocycles. The van der Waals surface area contributed by atoms with Crippen LogP contribution in [0.2, 0.25) is 0 Å². The van der Waals surface area contributed by atoms with Gasteiger partial charge in [0.15, 0.2) is 5.43 Å². The molecular formula is C28H42N2O6. The Labute approximate surface area is 215 Å². The number of benzene rings is 2. The third kappa shape index (κ3) is 11.8. The van der Waals surface area contributed by atoms with E-state index < -0.39 is 0 Å². The third-order valence-electron chi connectivity index (χ3n) is 4.87. The zero-order valence-corrected chi connectivity index (χ0v) is 21.2. The average molecular weight is 503 g/mol. The van der Waals surface area contributed by atoms with Crippen molar-refractivity contribution in [1.82, 2.24) is 9.80 Å². The molecule has 1 N–H and O–H groups in total. The Bertz CT molecular complexity index is 1030. The number of hydrogen-bond donors (Lipinski definition) is 1. The molecule has 8 nitrogen and oxygen atoms in total. The van der Waals surface area contributed by atoms with E-state index in [1.54, 1.807) is 12.1 Å². The van der Waals surface area contributed by atoms with E-state index in [-0.39, 0.29) is 19.5 Å². The summed E-state index contributed by atoms with van der Waals surface area (Å²) in [6, 6.07) is 16.3. The van der Waals surface area contributed by atoms with Crippen molar-refractivity contribution in [3.8, 4) is 17.1 Å². The van der Waals surface area contributed by atoms with Crippen LogP contribution in [-0.2, 0) is 9.47 Å². The van der Waals surface area contributed by atoms with E-state index in [2.05, 4.69) is 4.90 Å². The van der Waals surface area contributed by atoms with Crippen LogP contribution in [0, 0.1) is 0 Å². The second-order valence-electron chi connectivity index (χ2n) is 8.40. The summed E-state index contributed by atoms with van der Waals surface area (Å²) in [4.78, 5) is 16.3. The molecule has 0 spiro atoms. The van der Waals surface area contributed by atoms with Crippen molar-refractivity contribution in [3.63, 3.8) is 0 Å². The molecule has 200 valence electrons. The summed E-state index contributed by atoms with van der Waals surface area (Å²) in [5.41, 5.74) is 1.38. The maximum absolute atomic E-state index is 12.2. The molecule has 0 aliphatic heterocycles. The number of ether oxygens (including phenoxy) is 3. The number of likely N-dealkylation sites (N-methyl/N-ethyl adjacent to an activating group) is 2. The molecule has 0 bridgehead atoms. The average Bonchev–Trinajstić information content (AvgIpc) is 2.84. The molecule has 0 radical (unpaired) electrons. The van der Waals surface area contributed by atoms with E-state index in [1.807, 2.05) is 69.5 Å². The van der Waals surface area contributed by atoms with Gasteiger partial charge in [-0.15, -0.1) is 0 Å².